The van der Waals surface area contributed by atoms with Gasteiger partial charge in [0.2, 0.25) is 5.36 Å². The first-order valence-electron chi connectivity index (χ1n) is 7.92. The summed E-state index contributed by atoms with van der Waals surface area (Å²) in [7, 11) is 8.15. The van der Waals surface area contributed by atoms with Gasteiger partial charge in [0.05, 0.1) is 6.07 Å². The van der Waals surface area contributed by atoms with Gasteiger partial charge in [-0.1, -0.05) is 0 Å². The van der Waals surface area contributed by atoms with Crippen LogP contribution in [0.15, 0.2) is 46.9 Å². The summed E-state index contributed by atoms with van der Waals surface area (Å²) in [6, 6.07) is 14.9. The van der Waals surface area contributed by atoms with Crippen LogP contribution in [0.25, 0.3) is 22.3 Å². The van der Waals surface area contributed by atoms with Crippen molar-refractivity contribution < 1.29 is 4.42 Å². The lowest BCUT2D eigenvalue weighted by Gasteiger charge is -2.19. The molecule has 1 aromatic carbocycles. The summed E-state index contributed by atoms with van der Waals surface area (Å²) in [5.74, 6) is 0.915. The van der Waals surface area contributed by atoms with E-state index in [-0.39, 0.29) is 0 Å². The van der Waals surface area contributed by atoms with Crippen LogP contribution in [0, 0.1) is 0 Å². The fourth-order valence-corrected chi connectivity index (χ4v) is 2.67. The molecule has 23 heavy (non-hydrogen) atoms. The molecule has 1 heterocycles. The van der Waals surface area contributed by atoms with Crippen molar-refractivity contribution in [2.75, 3.05) is 46.2 Å². The predicted octanol–water partition coefficient (Wildman–Crippen LogP) is 2.22. The van der Waals surface area contributed by atoms with E-state index in [0.717, 1.165) is 40.7 Å². The van der Waals surface area contributed by atoms with Gasteiger partial charge in [0.1, 0.15) is 25.4 Å². The molecule has 0 bridgehead atoms. The minimum atomic E-state index is 0.915. The molecule has 1 aliphatic heterocycles. The Morgan fingerprint density at radius 1 is 1.09 bits per heavy atom. The number of nitrogens with zero attached hydrogens (tertiary/aromatic N) is 2. The maximum absolute atomic E-state index is 6.16. The van der Waals surface area contributed by atoms with E-state index < -0.39 is 0 Å². The van der Waals surface area contributed by atoms with Gasteiger partial charge in [0.15, 0.2) is 0 Å². The Bertz CT molecular complexity index is 862. The summed E-state index contributed by atoms with van der Waals surface area (Å²) in [5.41, 5.74) is 3.21. The Morgan fingerprint density at radius 2 is 1.91 bits per heavy atom. The van der Waals surface area contributed by atoms with Crippen molar-refractivity contribution in [3.05, 3.63) is 47.8 Å². The summed E-state index contributed by atoms with van der Waals surface area (Å²) in [6.07, 6.45) is 0. The van der Waals surface area contributed by atoms with Crippen LogP contribution in [0.4, 0.5) is 5.69 Å². The number of rotatable bonds is 4. The molecular formula is C19H24N3O+. The van der Waals surface area contributed by atoms with Gasteiger partial charge in [-0.15, -0.1) is 0 Å². The van der Waals surface area contributed by atoms with E-state index in [0.29, 0.717) is 0 Å². The zero-order valence-electron chi connectivity index (χ0n) is 14.3. The van der Waals surface area contributed by atoms with Crippen LogP contribution in [0.3, 0.4) is 0 Å². The molecule has 0 amide bonds. The van der Waals surface area contributed by atoms with Crippen LogP contribution in [-0.4, -0.2) is 41.3 Å². The van der Waals surface area contributed by atoms with Crippen molar-refractivity contribution in [1.82, 2.24) is 9.89 Å². The molecule has 4 nitrogen and oxygen atoms in total. The van der Waals surface area contributed by atoms with Crippen molar-refractivity contribution in [3.63, 3.8) is 0 Å². The highest BCUT2D eigenvalue weighted by molar-refractivity contribution is 5.85. The van der Waals surface area contributed by atoms with Crippen LogP contribution in [0.5, 0.6) is 0 Å². The van der Waals surface area contributed by atoms with Gasteiger partial charge < -0.3 is 14.6 Å². The molecule has 0 saturated carbocycles. The number of anilines is 1. The SMILES string of the molecule is CNCCN(C)c1ccc2cc3ccc(=[N+](C)C)cc-3oc2c1. The monoisotopic (exact) mass is 310 g/mol. The second-order valence-electron chi connectivity index (χ2n) is 6.11. The lowest BCUT2D eigenvalue weighted by molar-refractivity contribution is 0.616. The van der Waals surface area contributed by atoms with Crippen LogP contribution in [0.1, 0.15) is 0 Å². The Labute approximate surface area is 137 Å². The summed E-state index contributed by atoms with van der Waals surface area (Å²) < 4.78 is 8.25. The molecule has 0 atom stereocenters. The van der Waals surface area contributed by atoms with E-state index in [2.05, 4.69) is 64.3 Å². The number of likely N-dealkylation sites (N-methyl/N-ethyl adjacent to an activating group) is 2. The van der Waals surface area contributed by atoms with Gasteiger partial charge in [-0.3, -0.25) is 0 Å². The summed E-state index contributed by atoms with van der Waals surface area (Å²) in [6.45, 7) is 1.91. The fourth-order valence-electron chi connectivity index (χ4n) is 2.67. The number of fused-ring (bicyclic) bond motifs is 2. The van der Waals surface area contributed by atoms with Gasteiger partial charge in [0, 0.05) is 48.9 Å². The molecule has 1 aliphatic carbocycles. The van der Waals surface area contributed by atoms with E-state index in [9.17, 15) is 0 Å². The van der Waals surface area contributed by atoms with Crippen molar-refractivity contribution in [2.24, 2.45) is 0 Å². The van der Waals surface area contributed by atoms with Crippen LogP contribution in [0.2, 0.25) is 0 Å². The normalized spacial score (nSPS) is 11.1. The van der Waals surface area contributed by atoms with E-state index in [1.807, 2.05) is 21.1 Å². The van der Waals surface area contributed by atoms with E-state index in [1.54, 1.807) is 0 Å². The predicted molar refractivity (Wildman–Crippen MR) is 97.1 cm³/mol. The molecule has 0 spiro atoms. The lowest BCUT2D eigenvalue weighted by atomic mass is 10.1. The fraction of sp³-hybridized carbons (Fsp3) is 0.316. The van der Waals surface area contributed by atoms with Gasteiger partial charge >= 0.3 is 0 Å². The first-order valence-corrected chi connectivity index (χ1v) is 7.92. The minimum absolute atomic E-state index is 0.915. The van der Waals surface area contributed by atoms with Crippen molar-refractivity contribution in [1.29, 1.82) is 0 Å². The number of hydrogen-bond donors (Lipinski definition) is 1. The van der Waals surface area contributed by atoms with Crippen molar-refractivity contribution in [3.8, 4) is 11.3 Å². The Morgan fingerprint density at radius 3 is 2.65 bits per heavy atom. The van der Waals surface area contributed by atoms with Gasteiger partial charge in [-0.25, -0.2) is 4.58 Å². The topological polar surface area (TPSA) is 31.4 Å². The minimum Gasteiger partial charge on any atom is -0.456 e. The highest BCUT2D eigenvalue weighted by Crippen LogP contribution is 2.29. The van der Waals surface area contributed by atoms with Gasteiger partial charge in [0.25, 0.3) is 0 Å². The molecule has 120 valence electrons. The Kier molecular flexibility index (Phi) is 4.35. The third-order valence-electron chi connectivity index (χ3n) is 4.18. The second-order valence-corrected chi connectivity index (χ2v) is 6.11. The Balaban J connectivity index is 2.09. The largest absolute Gasteiger partial charge is 0.456 e. The van der Waals surface area contributed by atoms with Crippen molar-refractivity contribution >= 4 is 16.7 Å². The summed E-state index contributed by atoms with van der Waals surface area (Å²) in [5, 5.41) is 5.44. The smallest absolute Gasteiger partial charge is 0.203 e. The lowest BCUT2D eigenvalue weighted by Crippen LogP contribution is -2.26. The summed E-state index contributed by atoms with van der Waals surface area (Å²) in [4.78, 5) is 2.23. The molecule has 0 radical (unpaired) electrons. The van der Waals surface area contributed by atoms with E-state index in [1.165, 1.54) is 5.69 Å². The molecule has 2 aliphatic rings. The van der Waals surface area contributed by atoms with E-state index in [4.69, 9.17) is 4.42 Å². The van der Waals surface area contributed by atoms with Crippen LogP contribution in [-0.2, 0) is 0 Å². The quantitative estimate of drug-likeness (QED) is 0.592. The number of hydrogen-bond acceptors (Lipinski definition) is 3. The highest BCUT2D eigenvalue weighted by atomic mass is 16.3. The van der Waals surface area contributed by atoms with Gasteiger partial charge in [-0.05, 0) is 31.3 Å². The summed E-state index contributed by atoms with van der Waals surface area (Å²) >= 11 is 0. The molecule has 0 fully saturated rings. The van der Waals surface area contributed by atoms with Crippen molar-refractivity contribution in [2.45, 2.75) is 0 Å². The zero-order valence-corrected chi connectivity index (χ0v) is 14.3. The van der Waals surface area contributed by atoms with Gasteiger partial charge in [-0.2, -0.15) is 0 Å². The van der Waals surface area contributed by atoms with Crippen LogP contribution < -0.4 is 20.1 Å². The third kappa shape index (κ3) is 3.22. The average Bonchev–Trinajstić information content (AvgIpc) is 2.56. The van der Waals surface area contributed by atoms with Crippen LogP contribution >= 0.6 is 0 Å². The number of nitrogens with one attached hydrogen (secondary N) is 1. The Hall–Kier alpha value is -2.33. The molecule has 0 unspecified atom stereocenters. The second kappa shape index (κ2) is 6.42. The zero-order chi connectivity index (χ0) is 16.4. The molecule has 4 heteroatoms. The van der Waals surface area contributed by atoms with E-state index >= 15 is 0 Å². The molecule has 3 rings (SSSR count). The molecular weight excluding hydrogens is 286 g/mol. The molecule has 0 saturated heterocycles. The number of benzene rings is 2. The average molecular weight is 310 g/mol. The maximum Gasteiger partial charge on any atom is 0.203 e. The molecule has 1 N–H and O–H groups in total. The molecule has 1 aromatic rings. The third-order valence-corrected chi connectivity index (χ3v) is 4.18. The first-order chi connectivity index (χ1) is 11.1. The maximum atomic E-state index is 6.16. The molecule has 0 aromatic heterocycles. The first kappa shape index (κ1) is 15.6. The highest BCUT2D eigenvalue weighted by Gasteiger charge is 2.10. The standard InChI is InChI=1S/C19H24N3O/c1-20-9-10-22(4)17-8-6-15-11-14-5-7-16(21(2)3)12-18(14)23-19(15)13-17/h5-8,11-13,20H,9-10H2,1-4H3/q+1.